The Bertz CT molecular complexity index is 541. The first-order chi connectivity index (χ1) is 9.38. The van der Waals surface area contributed by atoms with E-state index in [9.17, 15) is 9.59 Å². The van der Waals surface area contributed by atoms with Crippen LogP contribution in [0.15, 0.2) is 22.7 Å². The number of hydrogen-bond acceptors (Lipinski definition) is 2. The van der Waals surface area contributed by atoms with Crippen LogP contribution in [0.1, 0.15) is 12.5 Å². The van der Waals surface area contributed by atoms with E-state index < -0.39 is 11.9 Å². The second-order valence-corrected chi connectivity index (χ2v) is 6.06. The summed E-state index contributed by atoms with van der Waals surface area (Å²) >= 11 is 3.41. The number of carboxylic acid groups (broad SMARTS) is 1. The Balaban J connectivity index is 1.90. The number of anilines is 1. The van der Waals surface area contributed by atoms with Gasteiger partial charge in [0.25, 0.3) is 0 Å². The van der Waals surface area contributed by atoms with Gasteiger partial charge in [-0.15, -0.1) is 0 Å². The number of rotatable bonds is 3. The minimum Gasteiger partial charge on any atom is -0.481 e. The molecule has 0 radical (unpaired) electrons. The smallest absolute Gasteiger partial charge is 0.321 e. The minimum atomic E-state index is -0.809. The van der Waals surface area contributed by atoms with Gasteiger partial charge in [-0.25, -0.2) is 4.79 Å². The second kappa shape index (κ2) is 5.83. The van der Waals surface area contributed by atoms with Crippen molar-refractivity contribution in [3.8, 4) is 0 Å². The molecule has 1 atom stereocenters. The third kappa shape index (κ3) is 3.12. The number of nitrogens with one attached hydrogen (secondary N) is 1. The van der Waals surface area contributed by atoms with Gasteiger partial charge >= 0.3 is 12.0 Å². The molecule has 2 N–H and O–H groups in total. The zero-order valence-corrected chi connectivity index (χ0v) is 13.0. The van der Waals surface area contributed by atoms with Gasteiger partial charge in [-0.05, 0) is 40.5 Å². The third-order valence-electron chi connectivity index (χ3n) is 3.66. The number of aliphatic carboxylic acids is 1. The Morgan fingerprint density at radius 2 is 2.10 bits per heavy atom. The average Bonchev–Trinajstić information content (AvgIpc) is 2.30. The molecule has 1 aliphatic heterocycles. The molecule has 20 heavy (non-hydrogen) atoms. The molecule has 5 nitrogen and oxygen atoms in total. The normalized spacial score (nSPS) is 16.4. The molecule has 1 saturated heterocycles. The molecule has 108 valence electrons. The lowest BCUT2D eigenvalue weighted by atomic mass is 9.87. The molecule has 0 bridgehead atoms. The minimum absolute atomic E-state index is 0.0414. The number of urea groups is 1. The number of amides is 2. The fourth-order valence-electron chi connectivity index (χ4n) is 2.11. The summed E-state index contributed by atoms with van der Waals surface area (Å²) < 4.78 is 0.835. The zero-order valence-electron chi connectivity index (χ0n) is 11.4. The maximum atomic E-state index is 12.0. The molecule has 2 amide bonds. The van der Waals surface area contributed by atoms with Gasteiger partial charge < -0.3 is 15.3 Å². The predicted octanol–water partition coefficient (Wildman–Crippen LogP) is 2.94. The summed E-state index contributed by atoms with van der Waals surface area (Å²) in [4.78, 5) is 24.5. The van der Waals surface area contributed by atoms with Crippen LogP contribution < -0.4 is 5.32 Å². The lowest BCUT2D eigenvalue weighted by molar-refractivity contribution is -0.144. The molecule has 1 unspecified atom stereocenters. The summed E-state index contributed by atoms with van der Waals surface area (Å²) in [6, 6.07) is 5.50. The van der Waals surface area contributed by atoms with E-state index in [4.69, 9.17) is 5.11 Å². The van der Waals surface area contributed by atoms with Crippen LogP contribution in [0.4, 0.5) is 10.5 Å². The van der Waals surface area contributed by atoms with E-state index >= 15 is 0 Å². The summed E-state index contributed by atoms with van der Waals surface area (Å²) in [5, 5.41) is 11.7. The van der Waals surface area contributed by atoms with Crippen molar-refractivity contribution in [2.45, 2.75) is 13.8 Å². The first-order valence-corrected chi connectivity index (χ1v) is 7.22. The van der Waals surface area contributed by atoms with Gasteiger partial charge in [-0.1, -0.05) is 13.0 Å². The molecule has 0 spiro atoms. The summed E-state index contributed by atoms with van der Waals surface area (Å²) in [6.07, 6.45) is 0. The first kappa shape index (κ1) is 14.8. The number of aryl methyl sites for hydroxylation is 1. The summed E-state index contributed by atoms with van der Waals surface area (Å²) in [6.45, 7) is 4.63. The van der Waals surface area contributed by atoms with Crippen molar-refractivity contribution in [3.63, 3.8) is 0 Å². The number of likely N-dealkylation sites (tertiary alicyclic amines) is 1. The molecule has 1 aliphatic rings. The summed E-state index contributed by atoms with van der Waals surface area (Å²) in [5.41, 5.74) is 1.82. The molecule has 2 rings (SSSR count). The van der Waals surface area contributed by atoms with Crippen molar-refractivity contribution in [2.75, 3.05) is 18.4 Å². The number of carboxylic acids is 1. The highest BCUT2D eigenvalue weighted by atomic mass is 79.9. The molecule has 1 fully saturated rings. The number of hydrogen-bond donors (Lipinski definition) is 2. The van der Waals surface area contributed by atoms with Crippen molar-refractivity contribution in [1.29, 1.82) is 0 Å². The second-order valence-electron chi connectivity index (χ2n) is 5.21. The van der Waals surface area contributed by atoms with E-state index in [1.54, 1.807) is 11.8 Å². The quantitative estimate of drug-likeness (QED) is 0.888. The number of carbonyl (C=O) groups excluding carboxylic acids is 1. The van der Waals surface area contributed by atoms with Crippen LogP contribution >= 0.6 is 15.9 Å². The van der Waals surface area contributed by atoms with Crippen molar-refractivity contribution >= 4 is 33.6 Å². The maximum absolute atomic E-state index is 12.0. The van der Waals surface area contributed by atoms with Crippen LogP contribution in [-0.4, -0.2) is 35.1 Å². The predicted molar refractivity (Wildman–Crippen MR) is 79.8 cm³/mol. The third-order valence-corrected chi connectivity index (χ3v) is 4.32. The van der Waals surface area contributed by atoms with Crippen LogP contribution in [0, 0.1) is 18.8 Å². The molecule has 1 aromatic rings. The molecule has 6 heteroatoms. The Hall–Kier alpha value is -1.56. The zero-order chi connectivity index (χ0) is 14.9. The number of benzene rings is 1. The average molecular weight is 341 g/mol. The summed E-state index contributed by atoms with van der Waals surface area (Å²) in [7, 11) is 0. The Morgan fingerprint density at radius 3 is 2.65 bits per heavy atom. The van der Waals surface area contributed by atoms with Crippen molar-refractivity contribution in [2.24, 2.45) is 11.8 Å². The summed E-state index contributed by atoms with van der Waals surface area (Å²) in [5.74, 6) is -1.18. The lowest BCUT2D eigenvalue weighted by Crippen LogP contribution is -2.54. The monoisotopic (exact) mass is 340 g/mol. The highest BCUT2D eigenvalue weighted by Gasteiger charge is 2.37. The van der Waals surface area contributed by atoms with E-state index in [2.05, 4.69) is 21.2 Å². The van der Waals surface area contributed by atoms with Crippen LogP contribution in [0.2, 0.25) is 0 Å². The van der Waals surface area contributed by atoms with Crippen molar-refractivity contribution in [1.82, 2.24) is 4.90 Å². The topological polar surface area (TPSA) is 69.6 Å². The van der Waals surface area contributed by atoms with Crippen LogP contribution in [-0.2, 0) is 4.79 Å². The van der Waals surface area contributed by atoms with Crippen LogP contribution in [0.5, 0.6) is 0 Å². The van der Waals surface area contributed by atoms with Crippen LogP contribution in [0.25, 0.3) is 0 Å². The van der Waals surface area contributed by atoms with Gasteiger partial charge in [0.15, 0.2) is 0 Å². The number of halogens is 1. The first-order valence-electron chi connectivity index (χ1n) is 6.43. The van der Waals surface area contributed by atoms with Gasteiger partial charge in [0.2, 0.25) is 0 Å². The van der Waals surface area contributed by atoms with E-state index in [0.29, 0.717) is 13.1 Å². The van der Waals surface area contributed by atoms with Gasteiger partial charge in [0.05, 0.1) is 11.6 Å². The van der Waals surface area contributed by atoms with Gasteiger partial charge in [0, 0.05) is 23.5 Å². The molecule has 0 aromatic heterocycles. The van der Waals surface area contributed by atoms with E-state index in [-0.39, 0.29) is 11.9 Å². The van der Waals surface area contributed by atoms with Crippen molar-refractivity contribution < 1.29 is 14.7 Å². The van der Waals surface area contributed by atoms with Gasteiger partial charge in [-0.3, -0.25) is 4.79 Å². The largest absolute Gasteiger partial charge is 0.481 e. The lowest BCUT2D eigenvalue weighted by Gasteiger charge is -2.41. The molecule has 0 saturated carbocycles. The number of carbonyl (C=O) groups is 2. The van der Waals surface area contributed by atoms with Gasteiger partial charge in [0.1, 0.15) is 0 Å². The standard InChI is InChI=1S/C14H17BrN2O3/c1-8-3-4-12(11(15)5-8)16-14(20)17-6-10(7-17)9(2)13(18)19/h3-5,9-10H,6-7H2,1-2H3,(H,16,20)(H,18,19). The number of nitrogens with zero attached hydrogens (tertiary/aromatic N) is 1. The van der Waals surface area contributed by atoms with E-state index in [1.807, 2.05) is 25.1 Å². The highest BCUT2D eigenvalue weighted by Crippen LogP contribution is 2.27. The fourth-order valence-corrected chi connectivity index (χ4v) is 2.70. The van der Waals surface area contributed by atoms with E-state index in [1.165, 1.54) is 0 Å². The Morgan fingerprint density at radius 1 is 1.45 bits per heavy atom. The van der Waals surface area contributed by atoms with Crippen LogP contribution in [0.3, 0.4) is 0 Å². The Labute approximate surface area is 126 Å². The van der Waals surface area contributed by atoms with Crippen molar-refractivity contribution in [3.05, 3.63) is 28.2 Å². The molecular formula is C14H17BrN2O3. The fraction of sp³-hybridized carbons (Fsp3) is 0.429. The van der Waals surface area contributed by atoms with E-state index in [0.717, 1.165) is 15.7 Å². The maximum Gasteiger partial charge on any atom is 0.321 e. The molecule has 1 heterocycles. The molecular weight excluding hydrogens is 324 g/mol. The molecule has 1 aromatic carbocycles. The molecule has 0 aliphatic carbocycles. The Kier molecular flexibility index (Phi) is 4.32. The highest BCUT2D eigenvalue weighted by molar-refractivity contribution is 9.10. The SMILES string of the molecule is Cc1ccc(NC(=O)N2CC(C(C)C(=O)O)C2)c(Br)c1. The van der Waals surface area contributed by atoms with Gasteiger partial charge in [-0.2, -0.15) is 0 Å².